The molecule has 0 saturated carbocycles. The summed E-state index contributed by atoms with van der Waals surface area (Å²) in [6.45, 7) is 5.37. The highest BCUT2D eigenvalue weighted by Crippen LogP contribution is 2.33. The summed E-state index contributed by atoms with van der Waals surface area (Å²) in [7, 11) is -3.20. The largest absolute Gasteiger partial charge is 0.478 e. The molecule has 0 unspecified atom stereocenters. The maximum absolute atomic E-state index is 13.8. The van der Waals surface area contributed by atoms with E-state index in [1.54, 1.807) is 31.2 Å². The SMILES string of the molecule is COc1nc(C)cnc1N(C(=O)OCC(C)C)S(=O)(=O)c1cccnc1-c1ccccc1. The van der Waals surface area contributed by atoms with Gasteiger partial charge < -0.3 is 9.47 Å². The van der Waals surface area contributed by atoms with Crippen LogP contribution in [0.5, 0.6) is 5.88 Å². The number of benzene rings is 1. The molecule has 0 bridgehead atoms. The van der Waals surface area contributed by atoms with Crippen LogP contribution in [0.15, 0.2) is 59.8 Å². The number of sulfonamides is 1. The van der Waals surface area contributed by atoms with E-state index in [0.29, 0.717) is 15.6 Å². The number of carbonyl (C=O) groups is 1. The molecule has 0 saturated heterocycles. The third-order valence-corrected chi connectivity index (χ3v) is 5.96. The summed E-state index contributed by atoms with van der Waals surface area (Å²) in [5.41, 5.74) is 1.25. The Morgan fingerprint density at radius 2 is 1.81 bits per heavy atom. The van der Waals surface area contributed by atoms with E-state index in [4.69, 9.17) is 9.47 Å². The molecular weight excluding hydrogens is 432 g/mol. The molecule has 0 fully saturated rings. The molecule has 0 spiro atoms. The lowest BCUT2D eigenvalue weighted by Crippen LogP contribution is -2.39. The van der Waals surface area contributed by atoms with Gasteiger partial charge in [0.1, 0.15) is 4.90 Å². The average Bonchev–Trinajstić information content (AvgIpc) is 2.79. The molecular formula is C22H24N4O5S. The van der Waals surface area contributed by atoms with Gasteiger partial charge in [0.2, 0.25) is 5.82 Å². The maximum Gasteiger partial charge on any atom is 0.430 e. The average molecular weight is 457 g/mol. The number of ether oxygens (including phenoxy) is 2. The Morgan fingerprint density at radius 1 is 1.09 bits per heavy atom. The Balaban J connectivity index is 2.21. The number of aryl methyl sites for hydroxylation is 1. The minimum Gasteiger partial charge on any atom is -0.478 e. The van der Waals surface area contributed by atoms with E-state index in [9.17, 15) is 13.2 Å². The summed E-state index contributed by atoms with van der Waals surface area (Å²) >= 11 is 0. The predicted octanol–water partition coefficient (Wildman–Crippen LogP) is 3.84. The number of aromatic nitrogens is 3. The molecule has 0 radical (unpaired) electrons. The lowest BCUT2D eigenvalue weighted by Gasteiger charge is -2.23. The normalized spacial score (nSPS) is 11.3. The molecule has 3 rings (SSSR count). The fourth-order valence-corrected chi connectivity index (χ4v) is 4.29. The highest BCUT2D eigenvalue weighted by molar-refractivity contribution is 7.93. The Hall–Kier alpha value is -3.53. The molecule has 9 nitrogen and oxygen atoms in total. The minimum atomic E-state index is -4.51. The van der Waals surface area contributed by atoms with Gasteiger partial charge >= 0.3 is 6.09 Å². The summed E-state index contributed by atoms with van der Waals surface area (Å²) in [4.78, 5) is 25.4. The van der Waals surface area contributed by atoms with Crippen molar-refractivity contribution in [2.75, 3.05) is 18.0 Å². The van der Waals surface area contributed by atoms with Crippen molar-refractivity contribution in [2.24, 2.45) is 5.92 Å². The second-order valence-electron chi connectivity index (χ2n) is 7.30. The van der Waals surface area contributed by atoms with Crippen LogP contribution in [-0.2, 0) is 14.8 Å². The molecule has 0 atom stereocenters. The van der Waals surface area contributed by atoms with Crippen molar-refractivity contribution >= 4 is 21.9 Å². The molecule has 2 aromatic heterocycles. The third kappa shape index (κ3) is 4.86. The van der Waals surface area contributed by atoms with E-state index in [1.807, 2.05) is 19.9 Å². The van der Waals surface area contributed by atoms with Crippen molar-refractivity contribution < 1.29 is 22.7 Å². The Morgan fingerprint density at radius 3 is 2.47 bits per heavy atom. The fourth-order valence-electron chi connectivity index (χ4n) is 2.83. The smallest absolute Gasteiger partial charge is 0.430 e. The summed E-state index contributed by atoms with van der Waals surface area (Å²) in [6, 6.07) is 11.7. The fraction of sp³-hybridized carbons (Fsp3) is 0.273. The zero-order valence-corrected chi connectivity index (χ0v) is 19.0. The first-order valence-corrected chi connectivity index (χ1v) is 11.3. The van der Waals surface area contributed by atoms with Crippen LogP contribution in [0.1, 0.15) is 19.5 Å². The molecule has 1 aromatic carbocycles. The quantitative estimate of drug-likeness (QED) is 0.527. The van der Waals surface area contributed by atoms with Crippen molar-refractivity contribution in [1.29, 1.82) is 0 Å². The molecule has 10 heteroatoms. The zero-order chi connectivity index (χ0) is 23.3. The molecule has 3 aromatic rings. The van der Waals surface area contributed by atoms with Crippen LogP contribution >= 0.6 is 0 Å². The number of hydrogen-bond donors (Lipinski definition) is 0. The highest BCUT2D eigenvalue weighted by Gasteiger charge is 2.38. The number of amides is 1. The summed E-state index contributed by atoms with van der Waals surface area (Å²) in [5.74, 6) is -0.428. The predicted molar refractivity (Wildman–Crippen MR) is 119 cm³/mol. The van der Waals surface area contributed by atoms with Crippen LogP contribution in [0.3, 0.4) is 0 Å². The number of hydrogen-bond acceptors (Lipinski definition) is 8. The van der Waals surface area contributed by atoms with Crippen LogP contribution in [0.4, 0.5) is 10.6 Å². The van der Waals surface area contributed by atoms with E-state index in [0.717, 1.165) is 0 Å². The van der Waals surface area contributed by atoms with E-state index >= 15 is 0 Å². The third-order valence-electron chi connectivity index (χ3n) is 4.27. The van der Waals surface area contributed by atoms with Crippen LogP contribution in [-0.4, -0.2) is 43.2 Å². The molecule has 0 aliphatic carbocycles. The van der Waals surface area contributed by atoms with Crippen molar-refractivity contribution in [3.8, 4) is 17.1 Å². The van der Waals surface area contributed by atoms with Crippen LogP contribution in [0, 0.1) is 12.8 Å². The van der Waals surface area contributed by atoms with E-state index < -0.39 is 16.1 Å². The van der Waals surface area contributed by atoms with Crippen molar-refractivity contribution in [1.82, 2.24) is 15.0 Å². The van der Waals surface area contributed by atoms with E-state index in [1.165, 1.54) is 31.6 Å². The maximum atomic E-state index is 13.8. The Kier molecular flexibility index (Phi) is 7.04. The summed E-state index contributed by atoms with van der Waals surface area (Å²) < 4.78 is 38.6. The van der Waals surface area contributed by atoms with Gasteiger partial charge in [-0.3, -0.25) is 4.98 Å². The summed E-state index contributed by atoms with van der Waals surface area (Å²) in [5, 5.41) is 0. The monoisotopic (exact) mass is 456 g/mol. The number of carbonyl (C=O) groups excluding carboxylic acids is 1. The number of rotatable bonds is 7. The van der Waals surface area contributed by atoms with E-state index in [-0.39, 0.29) is 34.8 Å². The lowest BCUT2D eigenvalue weighted by atomic mass is 10.1. The standard InChI is InChI=1S/C22H24N4O5S/c1-15(2)14-31-22(27)26(20-21(30-4)25-16(3)13-24-20)32(28,29)18-11-8-12-23-19(18)17-9-6-5-7-10-17/h5-13,15H,14H2,1-4H3. The first-order chi connectivity index (χ1) is 15.3. The lowest BCUT2D eigenvalue weighted by molar-refractivity contribution is 0.143. The second kappa shape index (κ2) is 9.73. The first kappa shape index (κ1) is 23.1. The Labute approximate surface area is 187 Å². The second-order valence-corrected chi connectivity index (χ2v) is 9.06. The minimum absolute atomic E-state index is 0.00669. The van der Waals surface area contributed by atoms with Crippen molar-refractivity contribution in [2.45, 2.75) is 25.7 Å². The molecule has 2 heterocycles. The molecule has 32 heavy (non-hydrogen) atoms. The van der Waals surface area contributed by atoms with Gasteiger partial charge in [-0.2, -0.15) is 0 Å². The molecule has 1 amide bonds. The van der Waals surface area contributed by atoms with Crippen LogP contribution in [0.2, 0.25) is 0 Å². The van der Waals surface area contributed by atoms with Gasteiger partial charge in [-0.05, 0) is 25.0 Å². The van der Waals surface area contributed by atoms with Crippen molar-refractivity contribution in [3.05, 3.63) is 60.6 Å². The van der Waals surface area contributed by atoms with Gasteiger partial charge in [0.25, 0.3) is 15.9 Å². The van der Waals surface area contributed by atoms with Gasteiger partial charge in [-0.1, -0.05) is 44.2 Å². The van der Waals surface area contributed by atoms with Gasteiger partial charge in [0, 0.05) is 11.8 Å². The first-order valence-electron chi connectivity index (χ1n) is 9.86. The van der Waals surface area contributed by atoms with E-state index in [2.05, 4.69) is 15.0 Å². The van der Waals surface area contributed by atoms with Gasteiger partial charge in [-0.15, -0.1) is 4.31 Å². The number of pyridine rings is 1. The number of nitrogens with zero attached hydrogens (tertiary/aromatic N) is 4. The summed E-state index contributed by atoms with van der Waals surface area (Å²) in [6.07, 6.45) is 1.71. The highest BCUT2D eigenvalue weighted by atomic mass is 32.2. The van der Waals surface area contributed by atoms with Crippen LogP contribution in [0.25, 0.3) is 11.3 Å². The topological polar surface area (TPSA) is 112 Å². The molecule has 168 valence electrons. The molecule has 0 aliphatic rings. The Bertz CT molecular complexity index is 1200. The zero-order valence-electron chi connectivity index (χ0n) is 18.2. The molecule has 0 N–H and O–H groups in total. The number of methoxy groups -OCH3 is 1. The number of anilines is 1. The van der Waals surface area contributed by atoms with Gasteiger partial charge in [0.15, 0.2) is 0 Å². The molecule has 0 aliphatic heterocycles. The van der Waals surface area contributed by atoms with Gasteiger partial charge in [-0.25, -0.2) is 23.2 Å². The van der Waals surface area contributed by atoms with Gasteiger partial charge in [0.05, 0.1) is 31.3 Å². The van der Waals surface area contributed by atoms with Crippen molar-refractivity contribution in [3.63, 3.8) is 0 Å². The van der Waals surface area contributed by atoms with Crippen LogP contribution < -0.4 is 9.04 Å².